The number of hydrogen-bond donors (Lipinski definition) is 1. The normalized spacial score (nSPS) is 15.2. The number of benzene rings is 1. The van der Waals surface area contributed by atoms with E-state index in [1.165, 1.54) is 62.7 Å². The molecule has 142 valence electrons. The molecule has 5 nitrogen and oxygen atoms in total. The molecule has 0 atom stereocenters. The molecule has 0 spiro atoms. The monoisotopic (exact) mass is 369 g/mol. The van der Waals surface area contributed by atoms with Gasteiger partial charge in [-0.05, 0) is 36.9 Å². The summed E-state index contributed by atoms with van der Waals surface area (Å²) < 4.78 is 33.5. The van der Waals surface area contributed by atoms with Crippen molar-refractivity contribution in [2.45, 2.75) is 64.3 Å². The molecule has 0 radical (unpaired) electrons. The van der Waals surface area contributed by atoms with Crippen molar-refractivity contribution in [2.24, 2.45) is 0 Å². The van der Waals surface area contributed by atoms with Crippen molar-refractivity contribution in [1.82, 2.24) is 4.90 Å². The molecule has 0 aromatic heterocycles. The first-order chi connectivity index (χ1) is 12.0. The highest BCUT2D eigenvalue weighted by Crippen LogP contribution is 2.19. The SMILES string of the molecule is O=S(=O)(O)OCCCCCCCCCCN1CCc2ccccc2C1. The molecule has 0 amide bonds. The van der Waals surface area contributed by atoms with E-state index in [0.717, 1.165) is 19.4 Å². The first kappa shape index (κ1) is 20.4. The van der Waals surface area contributed by atoms with E-state index >= 15 is 0 Å². The average molecular weight is 370 g/mol. The third-order valence-electron chi connectivity index (χ3n) is 4.81. The van der Waals surface area contributed by atoms with Gasteiger partial charge in [0.2, 0.25) is 0 Å². The van der Waals surface area contributed by atoms with Gasteiger partial charge in [0.05, 0.1) is 6.61 Å². The topological polar surface area (TPSA) is 66.8 Å². The molecule has 1 aliphatic heterocycles. The van der Waals surface area contributed by atoms with Crippen molar-refractivity contribution in [1.29, 1.82) is 0 Å². The maximum atomic E-state index is 10.4. The van der Waals surface area contributed by atoms with Crippen molar-refractivity contribution in [3.05, 3.63) is 35.4 Å². The maximum Gasteiger partial charge on any atom is 0.397 e. The van der Waals surface area contributed by atoms with Crippen LogP contribution in [0, 0.1) is 0 Å². The number of hydrogen-bond acceptors (Lipinski definition) is 4. The summed E-state index contributed by atoms with van der Waals surface area (Å²) in [6, 6.07) is 8.78. The van der Waals surface area contributed by atoms with Gasteiger partial charge in [-0.2, -0.15) is 8.42 Å². The fourth-order valence-corrected chi connectivity index (χ4v) is 3.74. The van der Waals surface area contributed by atoms with E-state index in [-0.39, 0.29) is 6.61 Å². The van der Waals surface area contributed by atoms with Crippen LogP contribution in [0.15, 0.2) is 24.3 Å². The summed E-state index contributed by atoms with van der Waals surface area (Å²) in [5.41, 5.74) is 3.01. The lowest BCUT2D eigenvalue weighted by atomic mass is 9.99. The summed E-state index contributed by atoms with van der Waals surface area (Å²) in [6.07, 6.45) is 10.1. The van der Waals surface area contributed by atoms with Crippen LogP contribution in [0.3, 0.4) is 0 Å². The summed E-state index contributed by atoms with van der Waals surface area (Å²) in [4.78, 5) is 2.57. The quantitative estimate of drug-likeness (QED) is 0.446. The van der Waals surface area contributed by atoms with Crippen molar-refractivity contribution >= 4 is 10.4 Å². The highest BCUT2D eigenvalue weighted by molar-refractivity contribution is 7.80. The van der Waals surface area contributed by atoms with E-state index in [1.54, 1.807) is 0 Å². The second-order valence-electron chi connectivity index (χ2n) is 6.87. The first-order valence-corrected chi connectivity index (χ1v) is 10.8. The molecule has 1 aromatic rings. The van der Waals surface area contributed by atoms with Crippen LogP contribution in [0.2, 0.25) is 0 Å². The zero-order valence-corrected chi connectivity index (χ0v) is 15.8. The smallest absolute Gasteiger partial charge is 0.299 e. The zero-order valence-electron chi connectivity index (χ0n) is 15.0. The Morgan fingerprint density at radius 2 is 1.52 bits per heavy atom. The van der Waals surface area contributed by atoms with E-state index in [1.807, 2.05) is 0 Å². The summed E-state index contributed by atoms with van der Waals surface area (Å²) in [7, 11) is -4.26. The molecule has 0 fully saturated rings. The van der Waals surface area contributed by atoms with Crippen molar-refractivity contribution < 1.29 is 17.2 Å². The molecule has 0 aliphatic carbocycles. The van der Waals surface area contributed by atoms with Gasteiger partial charge in [-0.15, -0.1) is 0 Å². The van der Waals surface area contributed by atoms with E-state index in [9.17, 15) is 8.42 Å². The van der Waals surface area contributed by atoms with Crippen molar-refractivity contribution in [3.8, 4) is 0 Å². The largest absolute Gasteiger partial charge is 0.397 e. The Morgan fingerprint density at radius 3 is 2.20 bits per heavy atom. The second-order valence-corrected chi connectivity index (χ2v) is 7.96. The van der Waals surface area contributed by atoms with Gasteiger partial charge in [-0.25, -0.2) is 4.18 Å². The Morgan fingerprint density at radius 1 is 0.920 bits per heavy atom. The lowest BCUT2D eigenvalue weighted by Crippen LogP contribution is -2.31. The highest BCUT2D eigenvalue weighted by atomic mass is 32.3. The maximum absolute atomic E-state index is 10.4. The van der Waals surface area contributed by atoms with Crippen LogP contribution in [-0.2, 0) is 27.5 Å². The lowest BCUT2D eigenvalue weighted by Gasteiger charge is -2.28. The Kier molecular flexibility index (Phi) is 8.89. The van der Waals surface area contributed by atoms with Gasteiger partial charge in [0.25, 0.3) is 0 Å². The van der Waals surface area contributed by atoms with Crippen LogP contribution < -0.4 is 0 Å². The van der Waals surface area contributed by atoms with Crippen molar-refractivity contribution in [2.75, 3.05) is 19.7 Å². The predicted octanol–water partition coefficient (Wildman–Crippen LogP) is 3.98. The molecule has 1 aliphatic rings. The summed E-state index contributed by atoms with van der Waals surface area (Å²) in [6.45, 7) is 3.56. The summed E-state index contributed by atoms with van der Waals surface area (Å²) in [5.74, 6) is 0. The Hall–Kier alpha value is -0.950. The molecule has 6 heteroatoms. The molecule has 0 unspecified atom stereocenters. The summed E-state index contributed by atoms with van der Waals surface area (Å²) >= 11 is 0. The third-order valence-corrected chi connectivity index (χ3v) is 5.28. The minimum atomic E-state index is -4.26. The van der Waals surface area contributed by atoms with Crippen LogP contribution in [-0.4, -0.2) is 37.6 Å². The van der Waals surface area contributed by atoms with E-state index in [2.05, 4.69) is 33.3 Å². The van der Waals surface area contributed by atoms with Crippen LogP contribution >= 0.6 is 0 Å². The van der Waals surface area contributed by atoms with E-state index in [4.69, 9.17) is 4.55 Å². The zero-order chi connectivity index (χ0) is 18.0. The Labute approximate surface area is 152 Å². The minimum Gasteiger partial charge on any atom is -0.299 e. The number of nitrogens with zero attached hydrogens (tertiary/aromatic N) is 1. The predicted molar refractivity (Wildman–Crippen MR) is 99.9 cm³/mol. The van der Waals surface area contributed by atoms with E-state index in [0.29, 0.717) is 6.42 Å². The molecule has 0 saturated heterocycles. The molecule has 0 saturated carbocycles. The number of fused-ring (bicyclic) bond motifs is 1. The Bertz CT molecular complexity index is 603. The first-order valence-electron chi connectivity index (χ1n) is 9.45. The van der Waals surface area contributed by atoms with Gasteiger partial charge in [0.1, 0.15) is 0 Å². The van der Waals surface area contributed by atoms with Crippen LogP contribution in [0.4, 0.5) is 0 Å². The molecule has 1 aromatic carbocycles. The number of rotatable bonds is 12. The standard InChI is InChI=1S/C19H31NO4S/c21-25(22,23)24-16-10-6-4-2-1-3-5-9-14-20-15-13-18-11-7-8-12-19(18)17-20/h7-8,11-12H,1-6,9-10,13-17H2,(H,21,22,23). The fourth-order valence-electron chi connectivity index (χ4n) is 3.41. The van der Waals surface area contributed by atoms with Gasteiger partial charge >= 0.3 is 10.4 Å². The van der Waals surface area contributed by atoms with Gasteiger partial charge in [0.15, 0.2) is 0 Å². The molecule has 0 bridgehead atoms. The van der Waals surface area contributed by atoms with Gasteiger partial charge in [-0.1, -0.05) is 62.8 Å². The number of unbranched alkanes of at least 4 members (excludes halogenated alkanes) is 7. The molecule has 1 N–H and O–H groups in total. The van der Waals surface area contributed by atoms with Gasteiger partial charge < -0.3 is 0 Å². The highest BCUT2D eigenvalue weighted by Gasteiger charge is 2.14. The van der Waals surface area contributed by atoms with Crippen LogP contribution in [0.25, 0.3) is 0 Å². The molecule has 1 heterocycles. The molecular formula is C19H31NO4S. The Balaban J connectivity index is 1.41. The van der Waals surface area contributed by atoms with Crippen LogP contribution in [0.5, 0.6) is 0 Å². The molecular weight excluding hydrogens is 338 g/mol. The van der Waals surface area contributed by atoms with Gasteiger partial charge in [0, 0.05) is 13.1 Å². The second kappa shape index (κ2) is 10.9. The minimum absolute atomic E-state index is 0.0811. The fraction of sp³-hybridized carbons (Fsp3) is 0.684. The van der Waals surface area contributed by atoms with Gasteiger partial charge in [-0.3, -0.25) is 9.45 Å². The third kappa shape index (κ3) is 8.81. The molecule has 25 heavy (non-hydrogen) atoms. The van der Waals surface area contributed by atoms with Crippen LogP contribution in [0.1, 0.15) is 62.5 Å². The summed E-state index contributed by atoms with van der Waals surface area (Å²) in [5, 5.41) is 0. The van der Waals surface area contributed by atoms with E-state index < -0.39 is 10.4 Å². The van der Waals surface area contributed by atoms with Crippen molar-refractivity contribution in [3.63, 3.8) is 0 Å². The average Bonchev–Trinajstić information content (AvgIpc) is 2.58. The molecule has 2 rings (SSSR count). The lowest BCUT2D eigenvalue weighted by molar-refractivity contribution is 0.248.